The Hall–Kier alpha value is -4.14. The second-order valence-corrected chi connectivity index (χ2v) is 9.61. The highest BCUT2D eigenvalue weighted by Gasteiger charge is 2.19. The molecular weight excluding hydrogens is 442 g/mol. The van der Waals surface area contributed by atoms with Crippen molar-refractivity contribution in [3.63, 3.8) is 0 Å². The number of rotatable bonds is 7. The van der Waals surface area contributed by atoms with Crippen molar-refractivity contribution in [2.24, 2.45) is 0 Å². The predicted molar refractivity (Wildman–Crippen MR) is 133 cm³/mol. The van der Waals surface area contributed by atoms with Crippen LogP contribution < -0.4 is 10.6 Å². The van der Waals surface area contributed by atoms with Gasteiger partial charge in [-0.2, -0.15) is 10.1 Å². The monoisotopic (exact) mass is 471 g/mol. The van der Waals surface area contributed by atoms with Crippen LogP contribution in [-0.4, -0.2) is 43.9 Å². The van der Waals surface area contributed by atoms with Crippen LogP contribution in [0.1, 0.15) is 42.5 Å². The normalized spacial score (nSPS) is 13.4. The van der Waals surface area contributed by atoms with Gasteiger partial charge in [-0.1, -0.05) is 56.3 Å². The Morgan fingerprint density at radius 2 is 1.91 bits per heavy atom. The number of carbonyl (C=O) groups excluding carboxylic acids is 1. The molecular formula is C26H29N7O2. The van der Waals surface area contributed by atoms with Crippen LogP contribution in [0.5, 0.6) is 0 Å². The summed E-state index contributed by atoms with van der Waals surface area (Å²) >= 11 is 0. The van der Waals surface area contributed by atoms with Crippen LogP contribution in [0.25, 0.3) is 22.5 Å². The molecule has 0 radical (unpaired) electrons. The predicted octanol–water partition coefficient (Wildman–Crippen LogP) is 3.65. The Bertz CT molecular complexity index is 1360. The van der Waals surface area contributed by atoms with Crippen molar-refractivity contribution in [3.8, 4) is 11.6 Å². The van der Waals surface area contributed by atoms with E-state index in [9.17, 15) is 4.79 Å². The van der Waals surface area contributed by atoms with E-state index in [-0.39, 0.29) is 17.9 Å². The van der Waals surface area contributed by atoms with Gasteiger partial charge in [-0.15, -0.1) is 0 Å². The van der Waals surface area contributed by atoms with E-state index in [1.807, 2.05) is 65.6 Å². The van der Waals surface area contributed by atoms with Gasteiger partial charge in [0.05, 0.1) is 25.3 Å². The first-order chi connectivity index (χ1) is 16.9. The second-order valence-electron chi connectivity index (χ2n) is 9.61. The summed E-state index contributed by atoms with van der Waals surface area (Å²) in [5.41, 5.74) is 3.45. The Kier molecular flexibility index (Phi) is 5.98. The molecule has 0 unspecified atom stereocenters. The van der Waals surface area contributed by atoms with Gasteiger partial charge in [-0.3, -0.25) is 9.48 Å². The zero-order valence-electron chi connectivity index (χ0n) is 20.2. The molecule has 1 aliphatic heterocycles. The number of nitrogens with zero attached hydrogens (tertiary/aromatic N) is 5. The van der Waals surface area contributed by atoms with E-state index in [2.05, 4.69) is 46.4 Å². The maximum absolute atomic E-state index is 12.6. The molecule has 2 aromatic carbocycles. The number of aromatic nitrogens is 4. The number of nitrogens with one attached hydrogen (secondary N) is 2. The van der Waals surface area contributed by atoms with E-state index in [0.29, 0.717) is 23.0 Å². The number of amides is 1. The smallest absolute Gasteiger partial charge is 0.279 e. The van der Waals surface area contributed by atoms with Crippen LogP contribution in [0.4, 0.5) is 0 Å². The Morgan fingerprint density at radius 3 is 2.66 bits per heavy atom. The molecule has 0 aliphatic carbocycles. The molecule has 9 nitrogen and oxygen atoms in total. The maximum atomic E-state index is 12.6. The fraction of sp³-hybridized carbons (Fsp3) is 0.308. The third-order valence-corrected chi connectivity index (χ3v) is 6.05. The average Bonchev–Trinajstić information content (AvgIpc) is 3.61. The topological polar surface area (TPSA) is 101 Å². The standard InChI is InChI=1S/C26H29N7O2/c1-26(2,3)19-10-8-18(9-11-19)24(34)28-16-22-29-25(35-31-22)23-20-6-4-5-7-21(20)33(30-23)15-14-32-13-12-27-17-32/h4-13,27H,14-17H2,1-3H3,(H,28,34). The summed E-state index contributed by atoms with van der Waals surface area (Å²) in [5.74, 6) is 0.546. The van der Waals surface area contributed by atoms with Crippen LogP contribution in [0.2, 0.25) is 0 Å². The maximum Gasteiger partial charge on any atom is 0.279 e. The number of fused-ring (bicyclic) bond motifs is 1. The summed E-state index contributed by atoms with van der Waals surface area (Å²) in [6, 6.07) is 15.6. The molecule has 0 fully saturated rings. The average molecular weight is 472 g/mol. The van der Waals surface area contributed by atoms with Gasteiger partial charge in [-0.05, 0) is 29.2 Å². The molecule has 3 heterocycles. The summed E-state index contributed by atoms with van der Waals surface area (Å²) in [4.78, 5) is 19.3. The molecule has 1 aliphatic rings. The lowest BCUT2D eigenvalue weighted by atomic mass is 9.87. The molecule has 0 saturated heterocycles. The lowest BCUT2D eigenvalue weighted by Gasteiger charge is -2.18. The van der Waals surface area contributed by atoms with Crippen molar-refractivity contribution < 1.29 is 9.32 Å². The summed E-state index contributed by atoms with van der Waals surface area (Å²) in [6.45, 7) is 8.94. The van der Waals surface area contributed by atoms with Crippen LogP contribution in [0, 0.1) is 0 Å². The number of carbonyl (C=O) groups is 1. The minimum Gasteiger partial charge on any atom is -0.373 e. The van der Waals surface area contributed by atoms with Gasteiger partial charge in [0.25, 0.3) is 11.8 Å². The second kappa shape index (κ2) is 9.25. The van der Waals surface area contributed by atoms with Gasteiger partial charge >= 0.3 is 0 Å². The molecule has 0 atom stereocenters. The molecule has 0 spiro atoms. The largest absolute Gasteiger partial charge is 0.373 e. The van der Waals surface area contributed by atoms with Crippen molar-refractivity contribution in [1.29, 1.82) is 0 Å². The van der Waals surface area contributed by atoms with Crippen molar-refractivity contribution in [2.75, 3.05) is 13.2 Å². The highest BCUT2D eigenvalue weighted by Crippen LogP contribution is 2.27. The highest BCUT2D eigenvalue weighted by molar-refractivity contribution is 5.94. The van der Waals surface area contributed by atoms with Crippen molar-refractivity contribution >= 4 is 16.8 Å². The zero-order valence-corrected chi connectivity index (χ0v) is 20.2. The first-order valence-electron chi connectivity index (χ1n) is 11.7. The van der Waals surface area contributed by atoms with Gasteiger partial charge in [0.1, 0.15) is 0 Å². The van der Waals surface area contributed by atoms with Crippen LogP contribution in [0.15, 0.2) is 65.5 Å². The van der Waals surface area contributed by atoms with Crippen molar-refractivity contribution in [1.82, 2.24) is 35.5 Å². The van der Waals surface area contributed by atoms with Gasteiger partial charge in [0.15, 0.2) is 11.5 Å². The minimum atomic E-state index is -0.183. The summed E-state index contributed by atoms with van der Waals surface area (Å²) < 4.78 is 7.48. The molecule has 5 rings (SSSR count). The van der Waals surface area contributed by atoms with E-state index >= 15 is 0 Å². The van der Waals surface area contributed by atoms with E-state index < -0.39 is 0 Å². The number of hydrogen-bond acceptors (Lipinski definition) is 7. The number of benzene rings is 2. The van der Waals surface area contributed by atoms with Gasteiger partial charge in [0.2, 0.25) is 0 Å². The van der Waals surface area contributed by atoms with Gasteiger partial charge in [-0.25, -0.2) is 0 Å². The molecule has 2 aromatic heterocycles. The van der Waals surface area contributed by atoms with Crippen LogP contribution >= 0.6 is 0 Å². The first-order valence-corrected chi connectivity index (χ1v) is 11.7. The fourth-order valence-corrected chi connectivity index (χ4v) is 4.02. The molecule has 180 valence electrons. The highest BCUT2D eigenvalue weighted by atomic mass is 16.5. The summed E-state index contributed by atoms with van der Waals surface area (Å²) in [7, 11) is 0. The van der Waals surface area contributed by atoms with Gasteiger partial charge in [0, 0.05) is 29.9 Å². The number of para-hydroxylation sites is 1. The lowest BCUT2D eigenvalue weighted by molar-refractivity contribution is 0.0949. The zero-order chi connectivity index (χ0) is 24.4. The molecule has 0 saturated carbocycles. The number of hydrogen-bond donors (Lipinski definition) is 2. The first kappa shape index (κ1) is 22.6. The van der Waals surface area contributed by atoms with Crippen molar-refractivity contribution in [2.45, 2.75) is 39.3 Å². The van der Waals surface area contributed by atoms with E-state index in [0.717, 1.165) is 30.7 Å². The Morgan fingerprint density at radius 1 is 1.11 bits per heavy atom. The lowest BCUT2D eigenvalue weighted by Crippen LogP contribution is -2.24. The minimum absolute atomic E-state index is 0.0373. The summed E-state index contributed by atoms with van der Waals surface area (Å²) in [5, 5.41) is 15.8. The van der Waals surface area contributed by atoms with Crippen LogP contribution in [0.3, 0.4) is 0 Å². The Balaban J connectivity index is 1.28. The SMILES string of the molecule is CC(C)(C)c1ccc(C(=O)NCc2noc(-c3nn(CCN4C=CNC4)c4ccccc34)n2)cc1. The van der Waals surface area contributed by atoms with Crippen LogP contribution in [-0.2, 0) is 18.5 Å². The molecule has 1 amide bonds. The van der Waals surface area contributed by atoms with E-state index in [4.69, 9.17) is 9.62 Å². The van der Waals surface area contributed by atoms with E-state index in [1.165, 1.54) is 5.56 Å². The third-order valence-electron chi connectivity index (χ3n) is 6.05. The molecule has 35 heavy (non-hydrogen) atoms. The van der Waals surface area contributed by atoms with E-state index in [1.54, 1.807) is 0 Å². The molecule has 9 heteroatoms. The fourth-order valence-electron chi connectivity index (χ4n) is 4.02. The Labute approximate surface area is 203 Å². The molecule has 2 N–H and O–H groups in total. The molecule has 4 aromatic rings. The third kappa shape index (κ3) is 4.89. The summed E-state index contributed by atoms with van der Waals surface area (Å²) in [6.07, 6.45) is 3.97. The van der Waals surface area contributed by atoms with Gasteiger partial charge < -0.3 is 20.1 Å². The molecule has 0 bridgehead atoms. The van der Waals surface area contributed by atoms with Crippen molar-refractivity contribution in [3.05, 3.63) is 77.9 Å². The quantitative estimate of drug-likeness (QED) is 0.424.